The number of aryl methyl sites for hydroxylation is 1. The van der Waals surface area contributed by atoms with Crippen LogP contribution >= 0.6 is 0 Å². The summed E-state index contributed by atoms with van der Waals surface area (Å²) in [6.45, 7) is 4.39. The van der Waals surface area contributed by atoms with Gasteiger partial charge in [-0.25, -0.2) is 9.78 Å². The second-order valence-corrected chi connectivity index (χ2v) is 5.55. The molecule has 0 saturated carbocycles. The van der Waals surface area contributed by atoms with E-state index in [9.17, 15) is 4.79 Å². The van der Waals surface area contributed by atoms with Gasteiger partial charge in [0.25, 0.3) is 0 Å². The molecule has 9 nitrogen and oxygen atoms in total. The van der Waals surface area contributed by atoms with Crippen molar-refractivity contribution in [1.29, 1.82) is 0 Å². The Morgan fingerprint density at radius 2 is 2.08 bits per heavy atom. The minimum Gasteiger partial charge on any atom is -0.421 e. The number of benzene rings is 1. The SMILES string of the molecule is CCc1nnc(-c2ccc(NC(=O)N[C@@H](C)Cn3cncn3)cc2)o1. The van der Waals surface area contributed by atoms with Crippen LogP contribution in [0.3, 0.4) is 0 Å². The Kier molecular flexibility index (Phi) is 5.03. The van der Waals surface area contributed by atoms with Crippen molar-refractivity contribution in [2.75, 3.05) is 5.32 Å². The summed E-state index contributed by atoms with van der Waals surface area (Å²) in [4.78, 5) is 15.9. The van der Waals surface area contributed by atoms with E-state index in [-0.39, 0.29) is 12.1 Å². The van der Waals surface area contributed by atoms with Gasteiger partial charge >= 0.3 is 6.03 Å². The highest BCUT2D eigenvalue weighted by molar-refractivity contribution is 5.89. The third-order valence-corrected chi connectivity index (χ3v) is 3.46. The van der Waals surface area contributed by atoms with Crippen LogP contribution in [-0.2, 0) is 13.0 Å². The maximum absolute atomic E-state index is 12.0. The quantitative estimate of drug-likeness (QED) is 0.710. The lowest BCUT2D eigenvalue weighted by molar-refractivity contribution is 0.247. The molecule has 2 heterocycles. The Balaban J connectivity index is 1.54. The number of anilines is 1. The molecule has 0 fully saturated rings. The standard InChI is InChI=1S/C16H19N7O2/c1-3-14-21-22-15(25-14)12-4-6-13(7-5-12)20-16(24)19-11(2)8-23-10-17-9-18-23/h4-7,9-11H,3,8H2,1-2H3,(H2,19,20,24)/t11-/m0/s1. The molecule has 1 aromatic carbocycles. The molecule has 0 bridgehead atoms. The number of carbonyl (C=O) groups is 1. The largest absolute Gasteiger partial charge is 0.421 e. The van der Waals surface area contributed by atoms with Crippen molar-refractivity contribution < 1.29 is 9.21 Å². The smallest absolute Gasteiger partial charge is 0.319 e. The average molecular weight is 341 g/mol. The lowest BCUT2D eigenvalue weighted by Gasteiger charge is -2.14. The maximum Gasteiger partial charge on any atom is 0.319 e. The molecule has 1 atom stereocenters. The van der Waals surface area contributed by atoms with E-state index < -0.39 is 0 Å². The summed E-state index contributed by atoms with van der Waals surface area (Å²) in [5, 5.41) is 17.6. The number of aromatic nitrogens is 5. The van der Waals surface area contributed by atoms with Gasteiger partial charge in [-0.2, -0.15) is 5.10 Å². The highest BCUT2D eigenvalue weighted by atomic mass is 16.4. The average Bonchev–Trinajstić information content (AvgIpc) is 3.26. The second-order valence-electron chi connectivity index (χ2n) is 5.55. The molecule has 0 saturated heterocycles. The van der Waals surface area contributed by atoms with Crippen molar-refractivity contribution in [3.63, 3.8) is 0 Å². The molecule has 3 aromatic rings. The fraction of sp³-hybridized carbons (Fsp3) is 0.312. The predicted octanol–water partition coefficient (Wildman–Crippen LogP) is 2.10. The number of urea groups is 1. The first-order valence-corrected chi connectivity index (χ1v) is 7.96. The molecule has 0 spiro atoms. The van der Waals surface area contributed by atoms with Gasteiger partial charge < -0.3 is 15.1 Å². The molecular weight excluding hydrogens is 322 g/mol. The normalized spacial score (nSPS) is 11.9. The summed E-state index contributed by atoms with van der Waals surface area (Å²) >= 11 is 0. The van der Waals surface area contributed by atoms with Gasteiger partial charge in [-0.05, 0) is 31.2 Å². The number of hydrogen-bond donors (Lipinski definition) is 2. The van der Waals surface area contributed by atoms with E-state index in [0.29, 0.717) is 30.4 Å². The molecule has 130 valence electrons. The Morgan fingerprint density at radius 1 is 1.28 bits per heavy atom. The highest BCUT2D eigenvalue weighted by Gasteiger charge is 2.10. The van der Waals surface area contributed by atoms with Crippen molar-refractivity contribution >= 4 is 11.7 Å². The van der Waals surface area contributed by atoms with Gasteiger partial charge in [0.1, 0.15) is 12.7 Å². The molecule has 2 aromatic heterocycles. The van der Waals surface area contributed by atoms with E-state index in [2.05, 4.69) is 30.9 Å². The molecule has 25 heavy (non-hydrogen) atoms. The van der Waals surface area contributed by atoms with Gasteiger partial charge in [0.2, 0.25) is 11.8 Å². The van der Waals surface area contributed by atoms with E-state index >= 15 is 0 Å². The van der Waals surface area contributed by atoms with Crippen LogP contribution in [0, 0.1) is 0 Å². The van der Waals surface area contributed by atoms with Crippen LogP contribution in [0.4, 0.5) is 10.5 Å². The third kappa shape index (κ3) is 4.40. The van der Waals surface area contributed by atoms with E-state index in [4.69, 9.17) is 4.42 Å². The minimum atomic E-state index is -0.286. The first kappa shape index (κ1) is 16.6. The van der Waals surface area contributed by atoms with Crippen molar-refractivity contribution in [2.45, 2.75) is 32.9 Å². The number of carbonyl (C=O) groups excluding carboxylic acids is 1. The number of hydrogen-bond acceptors (Lipinski definition) is 6. The molecule has 9 heteroatoms. The predicted molar refractivity (Wildman–Crippen MR) is 90.8 cm³/mol. The fourth-order valence-corrected chi connectivity index (χ4v) is 2.25. The van der Waals surface area contributed by atoms with Crippen LogP contribution in [0.1, 0.15) is 19.7 Å². The van der Waals surface area contributed by atoms with Gasteiger partial charge in [-0.3, -0.25) is 4.68 Å². The molecule has 0 aliphatic rings. The number of amides is 2. The van der Waals surface area contributed by atoms with Gasteiger partial charge in [0, 0.05) is 23.7 Å². The van der Waals surface area contributed by atoms with Crippen LogP contribution in [0.5, 0.6) is 0 Å². The summed E-state index contributed by atoms with van der Waals surface area (Å²) in [6.07, 6.45) is 3.76. The Morgan fingerprint density at radius 3 is 2.72 bits per heavy atom. The first-order chi connectivity index (χ1) is 12.1. The zero-order chi connectivity index (χ0) is 17.6. The molecule has 0 radical (unpaired) electrons. The van der Waals surface area contributed by atoms with Crippen molar-refractivity contribution in [3.05, 3.63) is 42.8 Å². The Hall–Kier alpha value is -3.23. The van der Waals surface area contributed by atoms with E-state index in [1.54, 1.807) is 23.1 Å². The summed E-state index contributed by atoms with van der Waals surface area (Å²) < 4.78 is 7.17. The molecule has 2 N–H and O–H groups in total. The fourth-order valence-electron chi connectivity index (χ4n) is 2.25. The first-order valence-electron chi connectivity index (χ1n) is 7.96. The topological polar surface area (TPSA) is 111 Å². The molecular formula is C16H19N7O2. The summed E-state index contributed by atoms with van der Waals surface area (Å²) in [5.74, 6) is 1.06. The summed E-state index contributed by atoms with van der Waals surface area (Å²) in [7, 11) is 0. The zero-order valence-electron chi connectivity index (χ0n) is 14.0. The lowest BCUT2D eigenvalue weighted by atomic mass is 10.2. The zero-order valence-corrected chi connectivity index (χ0v) is 14.0. The maximum atomic E-state index is 12.0. The monoisotopic (exact) mass is 341 g/mol. The minimum absolute atomic E-state index is 0.0909. The van der Waals surface area contributed by atoms with Crippen LogP contribution < -0.4 is 10.6 Å². The van der Waals surface area contributed by atoms with Crippen LogP contribution in [0.25, 0.3) is 11.5 Å². The Labute approximate surface area is 144 Å². The Bertz CT molecular complexity index is 811. The number of nitrogens with one attached hydrogen (secondary N) is 2. The summed E-state index contributed by atoms with van der Waals surface area (Å²) in [5.41, 5.74) is 1.47. The van der Waals surface area contributed by atoms with Gasteiger partial charge in [0.05, 0.1) is 6.54 Å². The van der Waals surface area contributed by atoms with Crippen LogP contribution in [-0.4, -0.2) is 37.0 Å². The molecule has 3 rings (SSSR count). The van der Waals surface area contributed by atoms with Gasteiger partial charge in [0.15, 0.2) is 0 Å². The number of rotatable bonds is 6. The van der Waals surface area contributed by atoms with E-state index in [1.807, 2.05) is 26.0 Å². The van der Waals surface area contributed by atoms with Crippen molar-refractivity contribution in [2.24, 2.45) is 0 Å². The number of nitrogens with zero attached hydrogens (tertiary/aromatic N) is 5. The van der Waals surface area contributed by atoms with E-state index in [1.165, 1.54) is 6.33 Å². The highest BCUT2D eigenvalue weighted by Crippen LogP contribution is 2.20. The van der Waals surface area contributed by atoms with Gasteiger partial charge in [-0.15, -0.1) is 10.2 Å². The second kappa shape index (κ2) is 7.56. The summed E-state index contributed by atoms with van der Waals surface area (Å²) in [6, 6.07) is 6.83. The molecule has 2 amide bonds. The molecule has 0 aliphatic heterocycles. The van der Waals surface area contributed by atoms with Crippen molar-refractivity contribution in [3.8, 4) is 11.5 Å². The lowest BCUT2D eigenvalue weighted by Crippen LogP contribution is -2.38. The van der Waals surface area contributed by atoms with Crippen molar-refractivity contribution in [1.82, 2.24) is 30.3 Å². The van der Waals surface area contributed by atoms with Gasteiger partial charge in [-0.1, -0.05) is 6.92 Å². The van der Waals surface area contributed by atoms with E-state index in [0.717, 1.165) is 5.56 Å². The van der Waals surface area contributed by atoms with Crippen LogP contribution in [0.2, 0.25) is 0 Å². The molecule has 0 unspecified atom stereocenters. The van der Waals surface area contributed by atoms with Crippen LogP contribution in [0.15, 0.2) is 41.3 Å². The third-order valence-electron chi connectivity index (χ3n) is 3.46. The molecule has 0 aliphatic carbocycles.